The summed E-state index contributed by atoms with van der Waals surface area (Å²) in [5.74, 6) is -0.432. The number of anilines is 1. The Bertz CT molecular complexity index is 575. The van der Waals surface area contributed by atoms with Crippen LogP contribution in [0, 0.1) is 10.1 Å². The van der Waals surface area contributed by atoms with Gasteiger partial charge in [-0.05, 0) is 11.6 Å². The third-order valence-corrected chi connectivity index (χ3v) is 3.64. The van der Waals surface area contributed by atoms with Crippen molar-refractivity contribution in [3.63, 3.8) is 0 Å². The molecule has 0 amide bonds. The SMILES string of the molecule is COC[C@@H]1CN(c2ccc(CC(=O)OC)cc2[N+](=O)[O-])CCO1. The molecule has 126 valence electrons. The van der Waals surface area contributed by atoms with Gasteiger partial charge in [0.1, 0.15) is 5.69 Å². The second kappa shape index (κ2) is 7.89. The van der Waals surface area contributed by atoms with Crippen LogP contribution in [0.3, 0.4) is 0 Å². The van der Waals surface area contributed by atoms with Gasteiger partial charge in [-0.15, -0.1) is 0 Å². The number of esters is 1. The fourth-order valence-corrected chi connectivity index (χ4v) is 2.56. The van der Waals surface area contributed by atoms with Crippen molar-refractivity contribution in [2.45, 2.75) is 12.5 Å². The first kappa shape index (κ1) is 17.2. The molecule has 0 saturated carbocycles. The third-order valence-electron chi connectivity index (χ3n) is 3.64. The summed E-state index contributed by atoms with van der Waals surface area (Å²) in [6.45, 7) is 2.00. The zero-order chi connectivity index (χ0) is 16.8. The molecule has 0 aromatic heterocycles. The number of hydrogen-bond acceptors (Lipinski definition) is 7. The first-order chi connectivity index (χ1) is 11.0. The Morgan fingerprint density at radius 1 is 1.48 bits per heavy atom. The fraction of sp³-hybridized carbons (Fsp3) is 0.533. The molecular formula is C15H20N2O6. The number of benzene rings is 1. The maximum atomic E-state index is 11.4. The zero-order valence-electron chi connectivity index (χ0n) is 13.2. The third kappa shape index (κ3) is 4.40. The van der Waals surface area contributed by atoms with E-state index in [-0.39, 0.29) is 18.2 Å². The van der Waals surface area contributed by atoms with Crippen molar-refractivity contribution in [2.24, 2.45) is 0 Å². The summed E-state index contributed by atoms with van der Waals surface area (Å²) in [5.41, 5.74) is 1.05. The van der Waals surface area contributed by atoms with Gasteiger partial charge in [-0.1, -0.05) is 6.07 Å². The smallest absolute Gasteiger partial charge is 0.309 e. The van der Waals surface area contributed by atoms with Crippen LogP contribution in [0.25, 0.3) is 0 Å². The van der Waals surface area contributed by atoms with E-state index in [2.05, 4.69) is 4.74 Å². The van der Waals surface area contributed by atoms with Crippen molar-refractivity contribution in [1.29, 1.82) is 0 Å². The van der Waals surface area contributed by atoms with Gasteiger partial charge in [0, 0.05) is 26.3 Å². The summed E-state index contributed by atoms with van der Waals surface area (Å²) in [6, 6.07) is 4.80. The molecule has 0 unspecified atom stereocenters. The lowest BCUT2D eigenvalue weighted by molar-refractivity contribution is -0.384. The number of morpholine rings is 1. The highest BCUT2D eigenvalue weighted by Crippen LogP contribution is 2.30. The molecule has 1 fully saturated rings. The summed E-state index contributed by atoms with van der Waals surface area (Å²) in [7, 11) is 2.88. The lowest BCUT2D eigenvalue weighted by atomic mass is 10.1. The Kier molecular flexibility index (Phi) is 5.89. The van der Waals surface area contributed by atoms with E-state index in [0.717, 1.165) is 0 Å². The molecule has 0 spiro atoms. The fourth-order valence-electron chi connectivity index (χ4n) is 2.56. The van der Waals surface area contributed by atoms with Gasteiger partial charge in [-0.25, -0.2) is 0 Å². The van der Waals surface area contributed by atoms with Crippen molar-refractivity contribution in [1.82, 2.24) is 0 Å². The van der Waals surface area contributed by atoms with E-state index in [4.69, 9.17) is 9.47 Å². The lowest BCUT2D eigenvalue weighted by Crippen LogP contribution is -2.44. The number of carbonyl (C=O) groups excluding carboxylic acids is 1. The molecule has 8 heteroatoms. The van der Waals surface area contributed by atoms with Gasteiger partial charge < -0.3 is 19.1 Å². The van der Waals surface area contributed by atoms with Crippen LogP contribution < -0.4 is 4.90 Å². The standard InChI is InChI=1S/C15H20N2O6/c1-21-10-12-9-16(5-6-23-12)13-4-3-11(8-15(18)22-2)7-14(13)17(19)20/h3-4,7,12H,5-6,8-10H2,1-2H3/t12-/m0/s1. The molecule has 8 nitrogen and oxygen atoms in total. The topological polar surface area (TPSA) is 91.1 Å². The first-order valence-corrected chi connectivity index (χ1v) is 7.24. The van der Waals surface area contributed by atoms with Gasteiger partial charge in [0.25, 0.3) is 5.69 Å². The molecular weight excluding hydrogens is 304 g/mol. The van der Waals surface area contributed by atoms with Crippen LogP contribution in [0.4, 0.5) is 11.4 Å². The summed E-state index contributed by atoms with van der Waals surface area (Å²) in [4.78, 5) is 24.2. The maximum Gasteiger partial charge on any atom is 0.309 e. The number of methoxy groups -OCH3 is 2. The Morgan fingerprint density at radius 3 is 2.91 bits per heavy atom. The van der Waals surface area contributed by atoms with Crippen LogP contribution in [0.1, 0.15) is 5.56 Å². The monoisotopic (exact) mass is 324 g/mol. The molecule has 2 rings (SSSR count). The van der Waals surface area contributed by atoms with Crippen LogP contribution >= 0.6 is 0 Å². The number of nitro groups is 1. The molecule has 0 N–H and O–H groups in total. The Labute approximate surface area is 134 Å². The predicted molar refractivity (Wildman–Crippen MR) is 82.6 cm³/mol. The van der Waals surface area contributed by atoms with Crippen LogP contribution in [-0.4, -0.2) is 57.5 Å². The van der Waals surface area contributed by atoms with Gasteiger partial charge in [0.05, 0.1) is 37.8 Å². The highest BCUT2D eigenvalue weighted by atomic mass is 16.6. The van der Waals surface area contributed by atoms with Crippen molar-refractivity contribution in [2.75, 3.05) is 45.4 Å². The Balaban J connectivity index is 2.23. The molecule has 1 atom stereocenters. The Hall–Kier alpha value is -2.19. The van der Waals surface area contributed by atoms with Crippen molar-refractivity contribution in [3.8, 4) is 0 Å². The average Bonchev–Trinajstić information content (AvgIpc) is 2.55. The van der Waals surface area contributed by atoms with Gasteiger partial charge in [-0.2, -0.15) is 0 Å². The maximum absolute atomic E-state index is 11.4. The normalized spacial score (nSPS) is 17.8. The van der Waals surface area contributed by atoms with Crippen molar-refractivity contribution >= 4 is 17.3 Å². The van der Waals surface area contributed by atoms with Gasteiger partial charge >= 0.3 is 5.97 Å². The molecule has 23 heavy (non-hydrogen) atoms. The van der Waals surface area contributed by atoms with Gasteiger partial charge in [0.2, 0.25) is 0 Å². The lowest BCUT2D eigenvalue weighted by Gasteiger charge is -2.33. The molecule has 1 aliphatic rings. The van der Waals surface area contributed by atoms with E-state index < -0.39 is 10.9 Å². The summed E-state index contributed by atoms with van der Waals surface area (Å²) in [6.07, 6.45) is -0.115. The van der Waals surface area contributed by atoms with E-state index in [1.165, 1.54) is 13.2 Å². The van der Waals surface area contributed by atoms with E-state index in [1.807, 2.05) is 4.90 Å². The van der Waals surface area contributed by atoms with Crippen LogP contribution in [0.15, 0.2) is 18.2 Å². The highest BCUT2D eigenvalue weighted by molar-refractivity contribution is 5.74. The minimum Gasteiger partial charge on any atom is -0.469 e. The van der Waals surface area contributed by atoms with E-state index in [9.17, 15) is 14.9 Å². The average molecular weight is 324 g/mol. The number of carbonyl (C=O) groups is 1. The predicted octanol–water partition coefficient (Wildman–Crippen LogP) is 1.16. The molecule has 1 aromatic carbocycles. The van der Waals surface area contributed by atoms with Gasteiger partial charge in [0.15, 0.2) is 0 Å². The first-order valence-electron chi connectivity index (χ1n) is 7.24. The quantitative estimate of drug-likeness (QED) is 0.440. The van der Waals surface area contributed by atoms with Gasteiger partial charge in [-0.3, -0.25) is 14.9 Å². The number of rotatable bonds is 6. The molecule has 0 radical (unpaired) electrons. The number of nitrogens with zero attached hydrogens (tertiary/aromatic N) is 2. The molecule has 1 saturated heterocycles. The number of ether oxygens (including phenoxy) is 3. The number of nitro benzene ring substituents is 1. The van der Waals surface area contributed by atoms with Crippen molar-refractivity contribution in [3.05, 3.63) is 33.9 Å². The van der Waals surface area contributed by atoms with Crippen LogP contribution in [0.5, 0.6) is 0 Å². The van der Waals surface area contributed by atoms with E-state index in [1.54, 1.807) is 19.2 Å². The molecule has 0 bridgehead atoms. The van der Waals surface area contributed by atoms with Crippen LogP contribution in [0.2, 0.25) is 0 Å². The summed E-state index contributed by atoms with van der Waals surface area (Å²) < 4.78 is 15.2. The second-order valence-electron chi connectivity index (χ2n) is 5.23. The Morgan fingerprint density at radius 2 is 2.26 bits per heavy atom. The van der Waals surface area contributed by atoms with E-state index >= 15 is 0 Å². The largest absolute Gasteiger partial charge is 0.469 e. The number of hydrogen-bond donors (Lipinski definition) is 0. The highest BCUT2D eigenvalue weighted by Gasteiger charge is 2.26. The summed E-state index contributed by atoms with van der Waals surface area (Å²) in [5, 5.41) is 11.4. The zero-order valence-corrected chi connectivity index (χ0v) is 13.2. The molecule has 1 heterocycles. The second-order valence-corrected chi connectivity index (χ2v) is 5.23. The molecule has 1 aliphatic heterocycles. The van der Waals surface area contributed by atoms with Crippen molar-refractivity contribution < 1.29 is 23.9 Å². The van der Waals surface area contributed by atoms with E-state index in [0.29, 0.717) is 37.6 Å². The molecule has 1 aromatic rings. The minimum absolute atomic E-state index is 0.00698. The van der Waals surface area contributed by atoms with Crippen LogP contribution in [-0.2, 0) is 25.4 Å². The molecule has 0 aliphatic carbocycles. The minimum atomic E-state index is -0.434. The summed E-state index contributed by atoms with van der Waals surface area (Å²) >= 11 is 0.